The lowest BCUT2D eigenvalue weighted by molar-refractivity contribution is -0.115. The fourth-order valence-electron chi connectivity index (χ4n) is 2.44. The van der Waals surface area contributed by atoms with E-state index in [9.17, 15) is 4.79 Å². The first-order valence-corrected chi connectivity index (χ1v) is 7.96. The lowest BCUT2D eigenvalue weighted by Gasteiger charge is -2.25. The third-order valence-corrected chi connectivity index (χ3v) is 3.67. The van der Waals surface area contributed by atoms with Gasteiger partial charge in [0.05, 0.1) is 17.8 Å². The van der Waals surface area contributed by atoms with E-state index in [0.29, 0.717) is 6.42 Å². The van der Waals surface area contributed by atoms with Crippen LogP contribution in [-0.4, -0.2) is 29.7 Å². The molecule has 0 radical (unpaired) electrons. The number of para-hydroxylation sites is 2. The first-order valence-electron chi connectivity index (χ1n) is 7.96. The van der Waals surface area contributed by atoms with Crippen LogP contribution < -0.4 is 5.32 Å². The molecule has 0 spiro atoms. The highest BCUT2D eigenvalue weighted by atomic mass is 16.1. The Morgan fingerprint density at radius 3 is 2.48 bits per heavy atom. The van der Waals surface area contributed by atoms with Gasteiger partial charge in [0.1, 0.15) is 5.84 Å². The molecule has 1 N–H and O–H groups in total. The van der Waals surface area contributed by atoms with Gasteiger partial charge >= 0.3 is 0 Å². The molecule has 1 aromatic rings. The summed E-state index contributed by atoms with van der Waals surface area (Å²) >= 11 is 0. The Bertz CT molecular complexity index is 503. The summed E-state index contributed by atoms with van der Waals surface area (Å²) in [6, 6.07) is 7.74. The fourth-order valence-corrected chi connectivity index (χ4v) is 2.44. The van der Waals surface area contributed by atoms with Crippen LogP contribution in [0.4, 0.5) is 11.4 Å². The number of benzene rings is 1. The molecule has 1 aromatic carbocycles. The van der Waals surface area contributed by atoms with Gasteiger partial charge in [0.2, 0.25) is 5.91 Å². The zero-order valence-corrected chi connectivity index (χ0v) is 13.1. The van der Waals surface area contributed by atoms with Crippen molar-refractivity contribution >= 4 is 23.1 Å². The third kappa shape index (κ3) is 4.31. The zero-order chi connectivity index (χ0) is 15.1. The van der Waals surface area contributed by atoms with Crippen LogP contribution in [0.25, 0.3) is 0 Å². The highest BCUT2D eigenvalue weighted by Gasteiger charge is 2.19. The summed E-state index contributed by atoms with van der Waals surface area (Å²) in [6.45, 7) is 6.33. The van der Waals surface area contributed by atoms with E-state index in [-0.39, 0.29) is 5.91 Å². The second kappa shape index (κ2) is 7.81. The maximum atomic E-state index is 12.1. The van der Waals surface area contributed by atoms with Gasteiger partial charge in [0.25, 0.3) is 0 Å². The van der Waals surface area contributed by atoms with Gasteiger partial charge in [0.15, 0.2) is 0 Å². The first kappa shape index (κ1) is 15.5. The van der Waals surface area contributed by atoms with Crippen LogP contribution in [-0.2, 0) is 4.79 Å². The Balaban J connectivity index is 2.25. The molecule has 2 rings (SSSR count). The number of amides is 1. The van der Waals surface area contributed by atoms with Crippen molar-refractivity contribution < 1.29 is 4.79 Å². The number of aliphatic imine (C=N–C) groups is 1. The lowest BCUT2D eigenvalue weighted by atomic mass is 10.2. The topological polar surface area (TPSA) is 44.7 Å². The summed E-state index contributed by atoms with van der Waals surface area (Å²) in [5.74, 6) is 0.927. The molecule has 0 saturated carbocycles. The number of hydrogen-bond acceptors (Lipinski definition) is 3. The van der Waals surface area contributed by atoms with Crippen LogP contribution in [0, 0.1) is 0 Å². The van der Waals surface area contributed by atoms with Crippen molar-refractivity contribution in [1.82, 2.24) is 4.90 Å². The summed E-state index contributed by atoms with van der Waals surface area (Å²) in [4.78, 5) is 19.1. The minimum atomic E-state index is 0.0247. The molecule has 4 nitrogen and oxygen atoms in total. The normalized spacial score (nSPS) is 14.0. The number of carbonyl (C=O) groups excluding carboxylic acids is 1. The van der Waals surface area contributed by atoms with Gasteiger partial charge in [0, 0.05) is 13.1 Å². The minimum absolute atomic E-state index is 0.0247. The van der Waals surface area contributed by atoms with Gasteiger partial charge in [-0.1, -0.05) is 38.8 Å². The first-order chi connectivity index (χ1) is 10.2. The molecule has 114 valence electrons. The third-order valence-electron chi connectivity index (χ3n) is 3.67. The Hall–Kier alpha value is -1.84. The molecule has 0 unspecified atom stereocenters. The SMILES string of the molecule is CCCCN(CCCC)C1=Nc2ccccc2NC(=O)C1. The van der Waals surface area contributed by atoms with E-state index >= 15 is 0 Å². The Morgan fingerprint density at radius 1 is 1.14 bits per heavy atom. The molecule has 0 aromatic heterocycles. The number of fused-ring (bicyclic) bond motifs is 1. The number of unbranched alkanes of at least 4 members (excludes halogenated alkanes) is 2. The Kier molecular flexibility index (Phi) is 5.78. The highest BCUT2D eigenvalue weighted by molar-refractivity contribution is 6.09. The molecular formula is C17H25N3O. The lowest BCUT2D eigenvalue weighted by Crippen LogP contribution is -2.34. The number of anilines is 1. The Morgan fingerprint density at radius 2 is 1.81 bits per heavy atom. The fraction of sp³-hybridized carbons (Fsp3) is 0.529. The monoisotopic (exact) mass is 287 g/mol. The van der Waals surface area contributed by atoms with E-state index < -0.39 is 0 Å². The number of rotatable bonds is 6. The van der Waals surface area contributed by atoms with E-state index in [2.05, 4.69) is 24.1 Å². The number of nitrogens with zero attached hydrogens (tertiary/aromatic N) is 2. The molecule has 0 fully saturated rings. The van der Waals surface area contributed by atoms with Crippen molar-refractivity contribution in [3.05, 3.63) is 24.3 Å². The van der Waals surface area contributed by atoms with Crippen LogP contribution in [0.5, 0.6) is 0 Å². The molecule has 1 aliphatic heterocycles. The van der Waals surface area contributed by atoms with Gasteiger partial charge in [-0.05, 0) is 25.0 Å². The van der Waals surface area contributed by atoms with Gasteiger partial charge in [-0.25, -0.2) is 4.99 Å². The van der Waals surface area contributed by atoms with Crippen molar-refractivity contribution in [3.8, 4) is 0 Å². The molecule has 0 bridgehead atoms. The molecular weight excluding hydrogens is 262 g/mol. The molecule has 1 heterocycles. The van der Waals surface area contributed by atoms with E-state index in [0.717, 1.165) is 56.0 Å². The summed E-state index contributed by atoms with van der Waals surface area (Å²) < 4.78 is 0. The van der Waals surface area contributed by atoms with Crippen LogP contribution >= 0.6 is 0 Å². The minimum Gasteiger partial charge on any atom is -0.360 e. The molecule has 0 aliphatic carbocycles. The second-order valence-electron chi connectivity index (χ2n) is 5.46. The van der Waals surface area contributed by atoms with Crippen LogP contribution in [0.2, 0.25) is 0 Å². The molecule has 1 aliphatic rings. The molecule has 0 saturated heterocycles. The predicted molar refractivity (Wildman–Crippen MR) is 88.2 cm³/mol. The summed E-state index contributed by atoms with van der Waals surface area (Å²) in [5, 5.41) is 2.94. The van der Waals surface area contributed by atoms with E-state index in [1.807, 2.05) is 24.3 Å². The highest BCUT2D eigenvalue weighted by Crippen LogP contribution is 2.27. The van der Waals surface area contributed by atoms with Crippen LogP contribution in [0.3, 0.4) is 0 Å². The Labute approximate surface area is 127 Å². The zero-order valence-electron chi connectivity index (χ0n) is 13.1. The molecule has 1 amide bonds. The molecule has 21 heavy (non-hydrogen) atoms. The van der Waals surface area contributed by atoms with Crippen molar-refractivity contribution in [1.29, 1.82) is 0 Å². The summed E-state index contributed by atoms with van der Waals surface area (Å²) in [6.07, 6.45) is 4.93. The largest absolute Gasteiger partial charge is 0.360 e. The van der Waals surface area contributed by atoms with Gasteiger partial charge < -0.3 is 10.2 Å². The number of hydrogen-bond donors (Lipinski definition) is 1. The maximum Gasteiger partial charge on any atom is 0.232 e. The van der Waals surface area contributed by atoms with Crippen molar-refractivity contribution in [3.63, 3.8) is 0 Å². The predicted octanol–water partition coefficient (Wildman–Crippen LogP) is 3.96. The van der Waals surface area contributed by atoms with Crippen LogP contribution in [0.1, 0.15) is 46.0 Å². The summed E-state index contributed by atoms with van der Waals surface area (Å²) in [5.41, 5.74) is 1.67. The van der Waals surface area contributed by atoms with E-state index in [1.54, 1.807) is 0 Å². The molecule has 0 atom stereocenters. The standard InChI is InChI=1S/C17H25N3O/c1-3-5-11-20(12-6-4-2)16-13-17(21)19-15-10-8-7-9-14(15)18-16/h7-10H,3-6,11-13H2,1-2H3,(H,19,21). The number of carbonyl (C=O) groups is 1. The maximum absolute atomic E-state index is 12.1. The van der Waals surface area contributed by atoms with Gasteiger partial charge in [-0.2, -0.15) is 0 Å². The van der Waals surface area contributed by atoms with Crippen LogP contribution in [0.15, 0.2) is 29.3 Å². The van der Waals surface area contributed by atoms with Crippen molar-refractivity contribution in [2.75, 3.05) is 18.4 Å². The van der Waals surface area contributed by atoms with E-state index in [1.165, 1.54) is 0 Å². The van der Waals surface area contributed by atoms with Crippen molar-refractivity contribution in [2.24, 2.45) is 4.99 Å². The summed E-state index contributed by atoms with van der Waals surface area (Å²) in [7, 11) is 0. The quantitative estimate of drug-likeness (QED) is 0.860. The number of amidine groups is 1. The van der Waals surface area contributed by atoms with E-state index in [4.69, 9.17) is 4.99 Å². The average molecular weight is 287 g/mol. The number of nitrogens with one attached hydrogen (secondary N) is 1. The van der Waals surface area contributed by atoms with Gasteiger partial charge in [-0.3, -0.25) is 4.79 Å². The smallest absolute Gasteiger partial charge is 0.232 e. The van der Waals surface area contributed by atoms with Crippen molar-refractivity contribution in [2.45, 2.75) is 46.0 Å². The second-order valence-corrected chi connectivity index (χ2v) is 5.46. The molecule has 4 heteroatoms. The van der Waals surface area contributed by atoms with Gasteiger partial charge in [-0.15, -0.1) is 0 Å². The average Bonchev–Trinajstić information content (AvgIpc) is 2.65.